The monoisotopic (exact) mass is 222 g/mol. The van der Waals surface area contributed by atoms with Crippen LogP contribution in [-0.2, 0) is 0 Å². The molecule has 0 radical (unpaired) electrons. The van der Waals surface area contributed by atoms with Gasteiger partial charge in [-0.2, -0.15) is 5.21 Å². The summed E-state index contributed by atoms with van der Waals surface area (Å²) in [5.41, 5.74) is 0.461. The van der Waals surface area contributed by atoms with Crippen LogP contribution in [0.4, 0.5) is 20.8 Å². The lowest BCUT2D eigenvalue weighted by atomic mass is 10.3. The van der Waals surface area contributed by atoms with Gasteiger partial charge in [0.2, 0.25) is 0 Å². The predicted octanol–water partition coefficient (Wildman–Crippen LogP) is 0.983. The molecule has 0 atom stereocenters. The number of amides is 2. The fourth-order valence-corrected chi connectivity index (χ4v) is 1.01. The number of rotatable bonds is 2. The lowest BCUT2D eigenvalue weighted by Gasteiger charge is -2.03. The van der Waals surface area contributed by atoms with Crippen LogP contribution in [0.25, 0.3) is 0 Å². The third-order valence-electron chi connectivity index (χ3n) is 1.67. The second-order valence-corrected chi connectivity index (χ2v) is 2.82. The number of aromatic amines is 1. The summed E-state index contributed by atoms with van der Waals surface area (Å²) in [5.74, 6) is -0.316. The molecule has 0 aliphatic rings. The summed E-state index contributed by atoms with van der Waals surface area (Å²) in [6.07, 6.45) is 0. The number of nitrogens with zero attached hydrogens (tertiary/aromatic N) is 3. The third-order valence-corrected chi connectivity index (χ3v) is 1.67. The van der Waals surface area contributed by atoms with Gasteiger partial charge in [0.15, 0.2) is 0 Å². The van der Waals surface area contributed by atoms with E-state index in [1.807, 2.05) is 0 Å². The first-order chi connectivity index (χ1) is 7.74. The average molecular weight is 222 g/mol. The van der Waals surface area contributed by atoms with E-state index in [9.17, 15) is 9.18 Å². The van der Waals surface area contributed by atoms with Crippen LogP contribution in [0.5, 0.6) is 0 Å². The van der Waals surface area contributed by atoms with Gasteiger partial charge >= 0.3 is 6.03 Å². The Morgan fingerprint density at radius 3 is 2.62 bits per heavy atom. The van der Waals surface area contributed by atoms with Crippen molar-refractivity contribution in [2.24, 2.45) is 0 Å². The first kappa shape index (κ1) is 10.0. The molecule has 7 nitrogen and oxygen atoms in total. The Hall–Kier alpha value is -2.51. The number of hydrogen-bond donors (Lipinski definition) is 3. The SMILES string of the molecule is O=C(Nc1ccc(F)cc1)Nc1nn[nH]n1. The molecule has 1 aromatic heterocycles. The van der Waals surface area contributed by atoms with Crippen LogP contribution < -0.4 is 10.6 Å². The number of tetrazole rings is 1. The second-order valence-electron chi connectivity index (χ2n) is 2.82. The number of nitrogens with one attached hydrogen (secondary N) is 3. The predicted molar refractivity (Wildman–Crippen MR) is 53.2 cm³/mol. The van der Waals surface area contributed by atoms with Gasteiger partial charge in [0.1, 0.15) is 5.82 Å². The van der Waals surface area contributed by atoms with Crippen LogP contribution in [0.2, 0.25) is 0 Å². The summed E-state index contributed by atoms with van der Waals surface area (Å²) in [7, 11) is 0. The Balaban J connectivity index is 1.95. The minimum absolute atomic E-state index is 0.0552. The highest BCUT2D eigenvalue weighted by Crippen LogP contribution is 2.08. The van der Waals surface area contributed by atoms with Crippen molar-refractivity contribution in [1.29, 1.82) is 0 Å². The number of anilines is 2. The van der Waals surface area contributed by atoms with Gasteiger partial charge in [-0.05, 0) is 29.5 Å². The molecule has 2 aromatic rings. The van der Waals surface area contributed by atoms with Gasteiger partial charge in [-0.1, -0.05) is 5.10 Å². The van der Waals surface area contributed by atoms with Crippen LogP contribution in [0.15, 0.2) is 24.3 Å². The first-order valence-corrected chi connectivity index (χ1v) is 4.31. The normalized spacial score (nSPS) is 9.81. The Bertz CT molecular complexity index is 468. The molecule has 3 N–H and O–H groups in total. The van der Waals surface area contributed by atoms with Crippen molar-refractivity contribution in [1.82, 2.24) is 20.6 Å². The number of hydrogen-bond acceptors (Lipinski definition) is 4. The van der Waals surface area contributed by atoms with E-state index in [1.165, 1.54) is 24.3 Å². The molecule has 1 aromatic carbocycles. The van der Waals surface area contributed by atoms with E-state index in [0.717, 1.165) is 0 Å². The quantitative estimate of drug-likeness (QED) is 0.705. The minimum atomic E-state index is -0.534. The first-order valence-electron chi connectivity index (χ1n) is 4.31. The fourth-order valence-electron chi connectivity index (χ4n) is 1.01. The lowest BCUT2D eigenvalue weighted by Crippen LogP contribution is -2.20. The zero-order valence-corrected chi connectivity index (χ0v) is 7.94. The molecule has 0 unspecified atom stereocenters. The van der Waals surface area contributed by atoms with Crippen molar-refractivity contribution in [3.63, 3.8) is 0 Å². The highest BCUT2D eigenvalue weighted by molar-refractivity contribution is 5.98. The Morgan fingerprint density at radius 2 is 2.00 bits per heavy atom. The molecule has 82 valence electrons. The molecule has 0 bridgehead atoms. The topological polar surface area (TPSA) is 95.6 Å². The summed E-state index contributed by atoms with van der Waals surface area (Å²) < 4.78 is 12.6. The van der Waals surface area contributed by atoms with Crippen molar-refractivity contribution in [3.05, 3.63) is 30.1 Å². The Morgan fingerprint density at radius 1 is 1.25 bits per heavy atom. The van der Waals surface area contributed by atoms with E-state index in [4.69, 9.17) is 0 Å². The highest BCUT2D eigenvalue weighted by Gasteiger charge is 2.05. The van der Waals surface area contributed by atoms with Crippen LogP contribution in [0.3, 0.4) is 0 Å². The van der Waals surface area contributed by atoms with Gasteiger partial charge in [0, 0.05) is 5.69 Å². The number of halogens is 1. The van der Waals surface area contributed by atoms with Crippen LogP contribution >= 0.6 is 0 Å². The second kappa shape index (κ2) is 4.34. The largest absolute Gasteiger partial charge is 0.326 e. The summed E-state index contributed by atoms with van der Waals surface area (Å²) in [6.45, 7) is 0. The smallest absolute Gasteiger partial charge is 0.308 e. The summed E-state index contributed by atoms with van der Waals surface area (Å²) in [5, 5.41) is 17.3. The van der Waals surface area contributed by atoms with E-state index in [1.54, 1.807) is 0 Å². The molecule has 0 aliphatic carbocycles. The molecule has 0 saturated carbocycles. The van der Waals surface area contributed by atoms with Crippen LogP contribution in [-0.4, -0.2) is 26.7 Å². The van der Waals surface area contributed by atoms with Gasteiger partial charge in [-0.15, -0.1) is 5.10 Å². The van der Waals surface area contributed by atoms with Gasteiger partial charge in [-0.25, -0.2) is 9.18 Å². The zero-order chi connectivity index (χ0) is 11.4. The maximum Gasteiger partial charge on any atom is 0.326 e. The molecular weight excluding hydrogens is 215 g/mol. The molecule has 16 heavy (non-hydrogen) atoms. The van der Waals surface area contributed by atoms with Gasteiger partial charge in [-0.3, -0.25) is 5.32 Å². The molecule has 0 spiro atoms. The molecule has 0 aliphatic heterocycles. The van der Waals surface area contributed by atoms with E-state index in [-0.39, 0.29) is 11.8 Å². The Labute approximate surface area is 89.1 Å². The molecular formula is C8H7FN6O. The maximum absolute atomic E-state index is 12.6. The molecule has 0 fully saturated rings. The van der Waals surface area contributed by atoms with Gasteiger partial charge in [0.25, 0.3) is 5.95 Å². The number of carbonyl (C=O) groups excluding carboxylic acids is 1. The van der Waals surface area contributed by atoms with Crippen molar-refractivity contribution < 1.29 is 9.18 Å². The lowest BCUT2D eigenvalue weighted by molar-refractivity contribution is 0.262. The minimum Gasteiger partial charge on any atom is -0.308 e. The number of aromatic nitrogens is 4. The van der Waals surface area contributed by atoms with Crippen molar-refractivity contribution in [2.45, 2.75) is 0 Å². The number of benzene rings is 1. The summed E-state index contributed by atoms with van der Waals surface area (Å²) in [4.78, 5) is 11.3. The molecule has 0 saturated heterocycles. The molecule has 8 heteroatoms. The van der Waals surface area contributed by atoms with Crippen molar-refractivity contribution >= 4 is 17.7 Å². The van der Waals surface area contributed by atoms with E-state index < -0.39 is 6.03 Å². The Kier molecular flexibility index (Phi) is 2.72. The van der Waals surface area contributed by atoms with E-state index in [2.05, 4.69) is 31.3 Å². The van der Waals surface area contributed by atoms with Crippen molar-refractivity contribution in [2.75, 3.05) is 10.6 Å². The number of H-pyrrole nitrogens is 1. The van der Waals surface area contributed by atoms with E-state index in [0.29, 0.717) is 5.69 Å². The van der Waals surface area contributed by atoms with Crippen LogP contribution in [0, 0.1) is 5.82 Å². The third kappa shape index (κ3) is 2.50. The fraction of sp³-hybridized carbons (Fsp3) is 0. The highest BCUT2D eigenvalue weighted by atomic mass is 19.1. The van der Waals surface area contributed by atoms with Crippen LogP contribution in [0.1, 0.15) is 0 Å². The van der Waals surface area contributed by atoms with E-state index >= 15 is 0 Å². The average Bonchev–Trinajstić information content (AvgIpc) is 2.74. The standard InChI is InChI=1S/C8H7FN6O/c9-5-1-3-6(4-2-5)10-8(16)11-7-12-14-15-13-7/h1-4H,(H3,10,11,12,13,14,15,16). The summed E-state index contributed by atoms with van der Waals surface area (Å²) >= 11 is 0. The summed E-state index contributed by atoms with van der Waals surface area (Å²) in [6, 6.07) is 4.82. The molecule has 1 heterocycles. The number of urea groups is 1. The molecule has 2 rings (SSSR count). The molecule has 2 amide bonds. The van der Waals surface area contributed by atoms with Gasteiger partial charge in [0.05, 0.1) is 0 Å². The van der Waals surface area contributed by atoms with Crippen molar-refractivity contribution in [3.8, 4) is 0 Å². The zero-order valence-electron chi connectivity index (χ0n) is 7.94. The maximum atomic E-state index is 12.6. The van der Waals surface area contributed by atoms with Gasteiger partial charge < -0.3 is 5.32 Å². The number of carbonyl (C=O) groups is 1.